The number of benzene rings is 2. The molecule has 0 spiro atoms. The summed E-state index contributed by atoms with van der Waals surface area (Å²) in [5, 5.41) is 37.6. The molecule has 2 rings (SSSR count). The number of phenols is 2. The fourth-order valence-corrected chi connectivity index (χ4v) is 3.50. The zero-order valence-electron chi connectivity index (χ0n) is 21.8. The van der Waals surface area contributed by atoms with Crippen LogP contribution in [0.15, 0.2) is 48.6 Å². The van der Waals surface area contributed by atoms with Crippen LogP contribution in [0.4, 0.5) is 0 Å². The maximum Gasteiger partial charge on any atom is 0.123 e. The molecule has 0 aliphatic rings. The van der Waals surface area contributed by atoms with Crippen molar-refractivity contribution in [1.29, 1.82) is 0 Å². The molecule has 34 heavy (non-hydrogen) atoms. The largest absolute Gasteiger partial charge is 0.507 e. The van der Waals surface area contributed by atoms with E-state index < -0.39 is 0 Å². The molecular weight excluding hydrogens is 424 g/mol. The van der Waals surface area contributed by atoms with Gasteiger partial charge in [0.1, 0.15) is 11.5 Å². The molecule has 0 aromatic heterocycles. The Kier molecular flexibility index (Phi) is 13.3. The van der Waals surface area contributed by atoms with E-state index in [0.29, 0.717) is 11.8 Å². The minimum atomic E-state index is -0.0377. The van der Waals surface area contributed by atoms with Gasteiger partial charge >= 0.3 is 0 Å². The number of aromatic hydroxyl groups is 2. The minimum absolute atomic E-state index is 0.0377. The number of rotatable bonds is 10. The first kappa shape index (κ1) is 29.5. The van der Waals surface area contributed by atoms with Crippen LogP contribution in [0.25, 0.3) is 11.1 Å². The van der Waals surface area contributed by atoms with Gasteiger partial charge in [-0.3, -0.25) is 0 Å². The molecular formula is C30H44O4. The number of phenolic OH excluding ortho intramolecular Hbond substituents is 2. The van der Waals surface area contributed by atoms with Crippen molar-refractivity contribution in [2.45, 2.75) is 80.4 Å². The van der Waals surface area contributed by atoms with Gasteiger partial charge in [-0.2, -0.15) is 0 Å². The van der Waals surface area contributed by atoms with Gasteiger partial charge in [-0.1, -0.05) is 64.1 Å². The SMILES string of the molecule is C/C(=C/CCC(C)C)c1ccc(CO)cc1O.C/C(=C\CCC(C)C)c1ccc(CO)cc1O. The van der Waals surface area contributed by atoms with Gasteiger partial charge in [-0.15, -0.1) is 0 Å². The highest BCUT2D eigenvalue weighted by Crippen LogP contribution is 2.28. The van der Waals surface area contributed by atoms with Crippen molar-refractivity contribution in [2.24, 2.45) is 11.8 Å². The van der Waals surface area contributed by atoms with Crippen LogP contribution in [0.2, 0.25) is 0 Å². The van der Waals surface area contributed by atoms with Crippen molar-refractivity contribution in [1.82, 2.24) is 0 Å². The molecule has 4 N–H and O–H groups in total. The molecule has 2 aromatic carbocycles. The highest BCUT2D eigenvalue weighted by atomic mass is 16.3. The number of hydrogen-bond donors (Lipinski definition) is 4. The van der Waals surface area contributed by atoms with Crippen molar-refractivity contribution < 1.29 is 20.4 Å². The van der Waals surface area contributed by atoms with Gasteiger partial charge in [0.25, 0.3) is 0 Å². The van der Waals surface area contributed by atoms with Gasteiger partial charge in [-0.05, 0) is 85.8 Å². The molecule has 0 saturated heterocycles. The van der Waals surface area contributed by atoms with E-state index in [-0.39, 0.29) is 24.7 Å². The Morgan fingerprint density at radius 3 is 1.29 bits per heavy atom. The lowest BCUT2D eigenvalue weighted by molar-refractivity contribution is 0.281. The average molecular weight is 469 g/mol. The fourth-order valence-electron chi connectivity index (χ4n) is 3.50. The highest BCUT2D eigenvalue weighted by molar-refractivity contribution is 5.69. The van der Waals surface area contributed by atoms with Crippen LogP contribution in [-0.4, -0.2) is 20.4 Å². The summed E-state index contributed by atoms with van der Waals surface area (Å²) in [5.41, 5.74) is 5.36. The van der Waals surface area contributed by atoms with E-state index in [1.807, 2.05) is 38.1 Å². The predicted octanol–water partition coefficient (Wildman–Crippen LogP) is 7.45. The summed E-state index contributed by atoms with van der Waals surface area (Å²) in [7, 11) is 0. The van der Waals surface area contributed by atoms with Gasteiger partial charge in [-0.25, -0.2) is 0 Å². The Balaban J connectivity index is 0.000000340. The monoisotopic (exact) mass is 468 g/mol. The first-order chi connectivity index (χ1) is 16.1. The van der Waals surface area contributed by atoms with Crippen LogP contribution in [0, 0.1) is 11.8 Å². The van der Waals surface area contributed by atoms with Crippen LogP contribution >= 0.6 is 0 Å². The Hall–Kier alpha value is -2.56. The van der Waals surface area contributed by atoms with Crippen molar-refractivity contribution in [2.75, 3.05) is 0 Å². The third kappa shape index (κ3) is 10.6. The molecule has 0 atom stereocenters. The van der Waals surface area contributed by atoms with Crippen LogP contribution in [0.1, 0.15) is 89.5 Å². The van der Waals surface area contributed by atoms with Gasteiger partial charge in [0.15, 0.2) is 0 Å². The smallest absolute Gasteiger partial charge is 0.123 e. The summed E-state index contributed by atoms with van der Waals surface area (Å²) in [6, 6.07) is 10.7. The summed E-state index contributed by atoms with van der Waals surface area (Å²) >= 11 is 0. The number of aliphatic hydroxyl groups excluding tert-OH is 2. The standard InChI is InChI=1S/2C15H22O2/c2*1-11(2)5-4-6-12(3)14-8-7-13(10-16)9-15(14)17/h2*6-9,11,16-17H,4-5,10H2,1-3H3/b12-6+;12-6-. The Bertz CT molecular complexity index is 861. The fraction of sp³-hybridized carbons (Fsp3) is 0.467. The Morgan fingerprint density at radius 1 is 0.676 bits per heavy atom. The zero-order chi connectivity index (χ0) is 25.7. The Labute approximate surface area is 206 Å². The van der Waals surface area contributed by atoms with Gasteiger partial charge < -0.3 is 20.4 Å². The molecule has 2 aromatic rings. The Morgan fingerprint density at radius 2 is 1.03 bits per heavy atom. The molecule has 0 radical (unpaired) electrons. The molecule has 0 unspecified atom stereocenters. The second-order valence-electron chi connectivity index (χ2n) is 9.74. The second kappa shape index (κ2) is 15.4. The molecule has 4 nitrogen and oxygen atoms in total. The van der Waals surface area contributed by atoms with E-state index in [9.17, 15) is 10.2 Å². The summed E-state index contributed by atoms with van der Waals surface area (Å²) in [6.07, 6.45) is 8.70. The third-order valence-corrected chi connectivity index (χ3v) is 5.73. The molecule has 0 aliphatic carbocycles. The van der Waals surface area contributed by atoms with Gasteiger partial charge in [0.05, 0.1) is 13.2 Å². The maximum atomic E-state index is 9.85. The number of aliphatic hydroxyl groups is 2. The van der Waals surface area contributed by atoms with Crippen LogP contribution in [0.3, 0.4) is 0 Å². The quantitative estimate of drug-likeness (QED) is 0.292. The molecule has 0 bridgehead atoms. The molecule has 0 saturated carbocycles. The van der Waals surface area contributed by atoms with E-state index in [1.165, 1.54) is 0 Å². The summed E-state index contributed by atoms with van der Waals surface area (Å²) in [5.74, 6) is 1.89. The van der Waals surface area contributed by atoms with Crippen molar-refractivity contribution in [3.8, 4) is 11.5 Å². The molecule has 4 heteroatoms. The lowest BCUT2D eigenvalue weighted by Gasteiger charge is -2.07. The van der Waals surface area contributed by atoms with E-state index in [1.54, 1.807) is 12.1 Å². The van der Waals surface area contributed by atoms with E-state index in [0.717, 1.165) is 59.1 Å². The zero-order valence-corrected chi connectivity index (χ0v) is 21.8. The minimum Gasteiger partial charge on any atom is -0.507 e. The molecule has 0 fully saturated rings. The summed E-state index contributed by atoms with van der Waals surface area (Å²) in [6.45, 7) is 12.8. The maximum absolute atomic E-state index is 9.85. The number of hydrogen-bond acceptors (Lipinski definition) is 4. The molecule has 0 aliphatic heterocycles. The van der Waals surface area contributed by atoms with Crippen molar-refractivity contribution >= 4 is 11.1 Å². The number of allylic oxidation sites excluding steroid dienone is 4. The third-order valence-electron chi connectivity index (χ3n) is 5.73. The highest BCUT2D eigenvalue weighted by Gasteiger charge is 2.05. The molecule has 188 valence electrons. The molecule has 0 amide bonds. The lowest BCUT2D eigenvalue weighted by Crippen LogP contribution is -1.88. The summed E-state index contributed by atoms with van der Waals surface area (Å²) in [4.78, 5) is 0. The second-order valence-corrected chi connectivity index (χ2v) is 9.74. The normalized spacial score (nSPS) is 12.2. The lowest BCUT2D eigenvalue weighted by atomic mass is 10.0. The van der Waals surface area contributed by atoms with Crippen molar-refractivity contribution in [3.63, 3.8) is 0 Å². The van der Waals surface area contributed by atoms with E-state index >= 15 is 0 Å². The topological polar surface area (TPSA) is 80.9 Å². The van der Waals surface area contributed by atoms with Crippen LogP contribution in [-0.2, 0) is 13.2 Å². The van der Waals surface area contributed by atoms with Gasteiger partial charge in [0, 0.05) is 11.1 Å². The predicted molar refractivity (Wildman–Crippen MR) is 144 cm³/mol. The van der Waals surface area contributed by atoms with Crippen molar-refractivity contribution in [3.05, 3.63) is 70.8 Å². The van der Waals surface area contributed by atoms with Crippen LogP contribution in [0.5, 0.6) is 11.5 Å². The first-order valence-electron chi connectivity index (χ1n) is 12.3. The first-order valence-corrected chi connectivity index (χ1v) is 12.3. The van der Waals surface area contributed by atoms with E-state index in [2.05, 4.69) is 39.8 Å². The summed E-state index contributed by atoms with van der Waals surface area (Å²) < 4.78 is 0. The van der Waals surface area contributed by atoms with E-state index in [4.69, 9.17) is 10.2 Å². The van der Waals surface area contributed by atoms with Gasteiger partial charge in [0.2, 0.25) is 0 Å². The average Bonchev–Trinajstić information content (AvgIpc) is 2.78. The molecule has 0 heterocycles. The van der Waals surface area contributed by atoms with Crippen LogP contribution < -0.4 is 0 Å².